The number of alkyl halides is 1. The molecule has 2 saturated heterocycles. The summed E-state index contributed by atoms with van der Waals surface area (Å²) < 4.78 is 58.2. The van der Waals surface area contributed by atoms with Crippen molar-refractivity contribution < 1.29 is 32.5 Å². The molecule has 4 heterocycles. The lowest BCUT2D eigenvalue weighted by molar-refractivity contribution is -0.0366. The highest BCUT2D eigenvalue weighted by atomic mass is 19.1. The van der Waals surface area contributed by atoms with Crippen LogP contribution in [-0.2, 0) is 16.1 Å². The van der Waals surface area contributed by atoms with Gasteiger partial charge in [0.1, 0.15) is 41.6 Å². The number of carbonyl (C=O) groups is 1. The Hall–Kier alpha value is -5.48. The van der Waals surface area contributed by atoms with Gasteiger partial charge in [-0.05, 0) is 121 Å². The number of likely N-dealkylation sites (tertiary alicyclic amines) is 1. The standard InChI is InChI=1S/C47H54F2N6O5/c1-9-29-13-15-30(16-14-29)26-58-42-40(39-28(2)36(48)23-37-35(39)24-50-55(37)38-12-10-11-21-57-38)33(31-17-18-31)22-34-41(42)51-44(59-27-47(6,7)49)52-43(34)53(8)32-19-20-54(25-32)45(56)60-46(3,4)5/h1,13-16,22-24,31-32,38H,10-12,17-21,25-27H2,2-8H3/t32-,38?/m0/s1. The minimum Gasteiger partial charge on any atom is -0.486 e. The molecule has 60 heavy (non-hydrogen) atoms. The third-order valence-electron chi connectivity index (χ3n) is 11.5. The molecule has 316 valence electrons. The fraction of sp³-hybridized carbons (Fsp3) is 0.489. The van der Waals surface area contributed by atoms with Crippen LogP contribution in [0.4, 0.5) is 19.4 Å². The van der Waals surface area contributed by atoms with Crippen LogP contribution in [0, 0.1) is 25.1 Å². The number of nitrogens with zero attached hydrogens (tertiary/aromatic N) is 6. The van der Waals surface area contributed by atoms with Gasteiger partial charge in [0.05, 0.1) is 11.7 Å². The lowest BCUT2D eigenvalue weighted by atomic mass is 9.88. The van der Waals surface area contributed by atoms with Gasteiger partial charge < -0.3 is 28.7 Å². The summed E-state index contributed by atoms with van der Waals surface area (Å²) >= 11 is 0. The van der Waals surface area contributed by atoms with Gasteiger partial charge in [-0.1, -0.05) is 18.1 Å². The molecule has 5 aromatic rings. The molecule has 0 bridgehead atoms. The summed E-state index contributed by atoms with van der Waals surface area (Å²) in [5.41, 5.74) is 3.17. The van der Waals surface area contributed by atoms with Crippen molar-refractivity contribution in [1.82, 2.24) is 24.6 Å². The molecule has 2 atom stereocenters. The van der Waals surface area contributed by atoms with Gasteiger partial charge in [-0.2, -0.15) is 15.1 Å². The molecule has 11 nitrogen and oxygen atoms in total. The van der Waals surface area contributed by atoms with Gasteiger partial charge in [-0.25, -0.2) is 18.3 Å². The predicted molar refractivity (Wildman–Crippen MR) is 228 cm³/mol. The van der Waals surface area contributed by atoms with Crippen molar-refractivity contribution in [1.29, 1.82) is 0 Å². The largest absolute Gasteiger partial charge is 0.486 e. The molecule has 1 saturated carbocycles. The number of benzene rings is 3. The Morgan fingerprint density at radius 3 is 2.45 bits per heavy atom. The summed E-state index contributed by atoms with van der Waals surface area (Å²) in [6.45, 7) is 11.6. The fourth-order valence-corrected chi connectivity index (χ4v) is 8.21. The number of likely N-dealkylation sites (N-methyl/N-ethyl adjacent to an activating group) is 1. The number of hydrogen-bond acceptors (Lipinski definition) is 9. The fourth-order valence-electron chi connectivity index (χ4n) is 8.21. The van der Waals surface area contributed by atoms with Crippen LogP contribution in [0.15, 0.2) is 42.6 Å². The molecule has 1 amide bonds. The van der Waals surface area contributed by atoms with Crippen LogP contribution < -0.4 is 14.4 Å². The Morgan fingerprint density at radius 2 is 1.78 bits per heavy atom. The molecule has 13 heteroatoms. The topological polar surface area (TPSA) is 104 Å². The first-order chi connectivity index (χ1) is 28.6. The van der Waals surface area contributed by atoms with Gasteiger partial charge in [-0.3, -0.25) is 0 Å². The lowest BCUT2D eigenvalue weighted by Gasteiger charge is -2.29. The predicted octanol–water partition coefficient (Wildman–Crippen LogP) is 9.80. The molecule has 8 rings (SSSR count). The van der Waals surface area contributed by atoms with Crippen LogP contribution in [0.3, 0.4) is 0 Å². The van der Waals surface area contributed by atoms with Crippen molar-refractivity contribution in [3.63, 3.8) is 0 Å². The van der Waals surface area contributed by atoms with Crippen LogP contribution >= 0.6 is 0 Å². The molecule has 1 aliphatic carbocycles. The number of anilines is 1. The van der Waals surface area contributed by atoms with Crippen LogP contribution in [0.5, 0.6) is 11.8 Å². The zero-order valence-corrected chi connectivity index (χ0v) is 35.6. The average Bonchev–Trinajstić information content (AvgIpc) is 3.78. The summed E-state index contributed by atoms with van der Waals surface area (Å²) in [5.74, 6) is 3.42. The zero-order valence-electron chi connectivity index (χ0n) is 35.6. The van der Waals surface area contributed by atoms with E-state index in [1.54, 1.807) is 28.8 Å². The number of amides is 1. The monoisotopic (exact) mass is 820 g/mol. The van der Waals surface area contributed by atoms with Crippen molar-refractivity contribution in [2.45, 2.75) is 116 Å². The number of rotatable bonds is 11. The van der Waals surface area contributed by atoms with E-state index in [0.717, 1.165) is 59.7 Å². The molecular formula is C47H54F2N6O5. The van der Waals surface area contributed by atoms with Crippen LogP contribution in [0.1, 0.15) is 108 Å². The molecule has 3 aromatic carbocycles. The van der Waals surface area contributed by atoms with Gasteiger partial charge in [-0.15, -0.1) is 6.42 Å². The molecule has 0 spiro atoms. The summed E-state index contributed by atoms with van der Waals surface area (Å²) in [6.07, 6.45) is 12.1. The first-order valence-electron chi connectivity index (χ1n) is 21.0. The molecule has 2 aliphatic heterocycles. The number of aromatic nitrogens is 4. The number of carbonyl (C=O) groups excluding carboxylic acids is 1. The van der Waals surface area contributed by atoms with Gasteiger partial charge in [0.2, 0.25) is 0 Å². The molecule has 0 radical (unpaired) electrons. The number of fused-ring (bicyclic) bond motifs is 2. The van der Waals surface area contributed by atoms with E-state index in [1.807, 2.05) is 57.0 Å². The Bertz CT molecular complexity index is 2460. The summed E-state index contributed by atoms with van der Waals surface area (Å²) in [6, 6.07) is 11.1. The molecule has 1 unspecified atom stereocenters. The number of terminal acetylenes is 1. The van der Waals surface area contributed by atoms with E-state index >= 15 is 8.78 Å². The number of halogens is 2. The molecule has 0 N–H and O–H groups in total. The van der Waals surface area contributed by atoms with Crippen LogP contribution in [0.2, 0.25) is 0 Å². The molecule has 3 fully saturated rings. The lowest BCUT2D eigenvalue weighted by Crippen LogP contribution is -2.39. The normalized spacial score (nSPS) is 18.5. The summed E-state index contributed by atoms with van der Waals surface area (Å²) in [7, 11) is 1.94. The number of ether oxygens (including phenoxy) is 4. The van der Waals surface area contributed by atoms with Crippen molar-refractivity contribution in [3.8, 4) is 35.2 Å². The van der Waals surface area contributed by atoms with E-state index in [9.17, 15) is 4.79 Å². The smallest absolute Gasteiger partial charge is 0.410 e. The minimum absolute atomic E-state index is 0.0335. The first-order valence-corrected chi connectivity index (χ1v) is 21.0. The van der Waals surface area contributed by atoms with Gasteiger partial charge >= 0.3 is 12.1 Å². The Kier molecular flexibility index (Phi) is 11.1. The maximum atomic E-state index is 16.5. The second-order valence-corrected chi connectivity index (χ2v) is 18.0. The second kappa shape index (κ2) is 16.2. The maximum absolute atomic E-state index is 16.5. The zero-order chi connectivity index (χ0) is 42.5. The first kappa shape index (κ1) is 41.3. The second-order valence-electron chi connectivity index (χ2n) is 18.0. The highest BCUT2D eigenvalue weighted by molar-refractivity contribution is 6.06. The Balaban J connectivity index is 1.34. The summed E-state index contributed by atoms with van der Waals surface area (Å²) in [5, 5.41) is 6.26. The van der Waals surface area contributed by atoms with Crippen molar-refractivity contribution in [2.24, 2.45) is 0 Å². The highest BCUT2D eigenvalue weighted by Crippen LogP contribution is 2.53. The van der Waals surface area contributed by atoms with Crippen LogP contribution in [0.25, 0.3) is 32.9 Å². The van der Waals surface area contributed by atoms with E-state index < -0.39 is 11.3 Å². The van der Waals surface area contributed by atoms with Gasteiger partial charge in [0.25, 0.3) is 0 Å². The third-order valence-corrected chi connectivity index (χ3v) is 11.5. The molecule has 2 aromatic heterocycles. The average molecular weight is 821 g/mol. The SMILES string of the molecule is C#Cc1ccc(COc2c(-c3c(C)c(F)cc4c3cnn4C3CCCCO3)c(C3CC3)cc3c(N(C)[C@H]4CCN(C(=O)OC(C)(C)C)C4)nc(OCC(C)(C)F)nc23)cc1. The van der Waals surface area contributed by atoms with E-state index in [4.69, 9.17) is 40.4 Å². The van der Waals surface area contributed by atoms with Gasteiger partial charge in [0, 0.05) is 66.3 Å². The van der Waals surface area contributed by atoms with Crippen molar-refractivity contribution >= 4 is 33.7 Å². The van der Waals surface area contributed by atoms with Crippen molar-refractivity contribution in [2.75, 3.05) is 38.3 Å². The van der Waals surface area contributed by atoms with Gasteiger partial charge in [0.15, 0.2) is 12.0 Å². The highest BCUT2D eigenvalue weighted by Gasteiger charge is 2.37. The summed E-state index contributed by atoms with van der Waals surface area (Å²) in [4.78, 5) is 26.8. The quantitative estimate of drug-likeness (QED) is 0.121. The Labute approximate surface area is 350 Å². The third kappa shape index (κ3) is 8.57. The molecule has 3 aliphatic rings. The van der Waals surface area contributed by atoms with E-state index in [1.165, 1.54) is 13.8 Å². The Morgan fingerprint density at radius 1 is 1.02 bits per heavy atom. The van der Waals surface area contributed by atoms with E-state index in [2.05, 4.69) is 12.0 Å². The minimum atomic E-state index is -1.68. The van der Waals surface area contributed by atoms with E-state index in [0.29, 0.717) is 65.2 Å². The number of hydrogen-bond donors (Lipinski definition) is 0. The van der Waals surface area contributed by atoms with Crippen LogP contribution in [-0.4, -0.2) is 81.4 Å². The van der Waals surface area contributed by atoms with Crippen molar-refractivity contribution in [3.05, 3.63) is 70.7 Å². The van der Waals surface area contributed by atoms with E-state index in [-0.39, 0.29) is 49.3 Å². The maximum Gasteiger partial charge on any atom is 0.410 e. The molecular weight excluding hydrogens is 767 g/mol.